The molecule has 2 heterocycles. The molecule has 1 atom stereocenters. The second kappa shape index (κ2) is 7.95. The maximum Gasteiger partial charge on any atom is 0.300 e. The van der Waals surface area contributed by atoms with E-state index in [1.807, 2.05) is 6.92 Å². The lowest BCUT2D eigenvalue weighted by atomic mass is 9.98. The number of nitrogens with zero attached hydrogens (tertiary/aromatic N) is 2. The van der Waals surface area contributed by atoms with Crippen molar-refractivity contribution < 1.29 is 24.5 Å². The van der Waals surface area contributed by atoms with Gasteiger partial charge in [0.2, 0.25) is 0 Å². The van der Waals surface area contributed by atoms with E-state index in [1.54, 1.807) is 54.6 Å². The van der Waals surface area contributed by atoms with Gasteiger partial charge in [0.15, 0.2) is 0 Å². The molecule has 0 radical (unpaired) electrons. The lowest BCUT2D eigenvalue weighted by Crippen LogP contribution is -2.30. The van der Waals surface area contributed by atoms with Crippen molar-refractivity contribution in [3.63, 3.8) is 0 Å². The van der Waals surface area contributed by atoms with E-state index in [-0.39, 0.29) is 22.8 Å². The van der Waals surface area contributed by atoms with Crippen LogP contribution >= 0.6 is 0 Å². The minimum Gasteiger partial charge on any atom is -0.507 e. The molecule has 0 bridgehead atoms. The van der Waals surface area contributed by atoms with Crippen LogP contribution in [0.5, 0.6) is 11.5 Å². The largest absolute Gasteiger partial charge is 0.507 e. The number of methoxy groups -OCH3 is 1. The van der Waals surface area contributed by atoms with E-state index < -0.39 is 17.7 Å². The first-order valence-corrected chi connectivity index (χ1v) is 9.58. The first kappa shape index (κ1) is 20.2. The molecule has 2 N–H and O–H groups in total. The van der Waals surface area contributed by atoms with Crippen molar-refractivity contribution in [2.45, 2.75) is 13.0 Å². The van der Waals surface area contributed by atoms with E-state index in [0.717, 1.165) is 5.56 Å². The van der Waals surface area contributed by atoms with Gasteiger partial charge in [0.25, 0.3) is 11.7 Å². The topological polar surface area (TPSA) is 100.0 Å². The number of aliphatic hydroxyl groups is 1. The van der Waals surface area contributed by atoms with Crippen LogP contribution < -0.4 is 9.64 Å². The number of Topliss-reactive ketones (excluding diaryl/α,β-unsaturated/α-hetero) is 1. The van der Waals surface area contributed by atoms with Crippen molar-refractivity contribution in [3.05, 3.63) is 89.3 Å². The summed E-state index contributed by atoms with van der Waals surface area (Å²) in [6.07, 6.45) is 1.54. The molecule has 31 heavy (non-hydrogen) atoms. The smallest absolute Gasteiger partial charge is 0.300 e. The number of aromatic hydroxyl groups is 1. The quantitative estimate of drug-likeness (QED) is 0.382. The van der Waals surface area contributed by atoms with Crippen molar-refractivity contribution in [1.82, 2.24) is 4.98 Å². The Morgan fingerprint density at radius 3 is 2.58 bits per heavy atom. The Morgan fingerprint density at radius 2 is 1.87 bits per heavy atom. The van der Waals surface area contributed by atoms with Crippen LogP contribution in [-0.4, -0.2) is 34.0 Å². The summed E-state index contributed by atoms with van der Waals surface area (Å²) in [7, 11) is 1.49. The van der Waals surface area contributed by atoms with Gasteiger partial charge in [0.05, 0.1) is 24.1 Å². The molecule has 2 aromatic carbocycles. The fourth-order valence-corrected chi connectivity index (χ4v) is 3.65. The normalized spacial score (nSPS) is 17.7. The first-order valence-electron chi connectivity index (χ1n) is 9.58. The lowest BCUT2D eigenvalue weighted by molar-refractivity contribution is -0.132. The van der Waals surface area contributed by atoms with Crippen molar-refractivity contribution in [2.24, 2.45) is 0 Å². The van der Waals surface area contributed by atoms with Crippen LogP contribution in [0.25, 0.3) is 5.76 Å². The highest BCUT2D eigenvalue weighted by atomic mass is 16.5. The number of anilines is 1. The molecule has 0 aliphatic carbocycles. The van der Waals surface area contributed by atoms with Crippen molar-refractivity contribution >= 4 is 23.1 Å². The number of ketones is 1. The Morgan fingerprint density at radius 1 is 1.06 bits per heavy atom. The maximum atomic E-state index is 13.1. The molecular weight excluding hydrogens is 396 g/mol. The Labute approximate surface area is 178 Å². The summed E-state index contributed by atoms with van der Waals surface area (Å²) < 4.78 is 5.21. The van der Waals surface area contributed by atoms with Gasteiger partial charge < -0.3 is 14.9 Å². The maximum absolute atomic E-state index is 13.1. The van der Waals surface area contributed by atoms with Gasteiger partial charge >= 0.3 is 0 Å². The third-order valence-electron chi connectivity index (χ3n) is 5.15. The highest BCUT2D eigenvalue weighted by molar-refractivity contribution is 6.51. The Bertz CT molecular complexity index is 1200. The van der Waals surface area contributed by atoms with Gasteiger partial charge in [-0.05, 0) is 48.9 Å². The molecule has 1 aromatic heterocycles. The van der Waals surface area contributed by atoms with Crippen molar-refractivity contribution in [2.75, 3.05) is 12.0 Å². The fraction of sp³-hybridized carbons (Fsp3) is 0.125. The summed E-state index contributed by atoms with van der Waals surface area (Å²) in [6.45, 7) is 1.81. The van der Waals surface area contributed by atoms with Crippen LogP contribution in [0.15, 0.2) is 72.4 Å². The van der Waals surface area contributed by atoms with Gasteiger partial charge in [-0.15, -0.1) is 0 Å². The third-order valence-corrected chi connectivity index (χ3v) is 5.15. The molecule has 1 amide bonds. The highest BCUT2D eigenvalue weighted by Crippen LogP contribution is 2.44. The third kappa shape index (κ3) is 3.50. The van der Waals surface area contributed by atoms with Crippen LogP contribution in [0.1, 0.15) is 22.9 Å². The molecule has 3 aromatic rings. The number of phenolic OH excluding ortho intramolecular Hbond substituents is 1. The number of aryl methyl sites for hydroxylation is 1. The minimum atomic E-state index is -1.01. The monoisotopic (exact) mass is 416 g/mol. The summed E-state index contributed by atoms with van der Waals surface area (Å²) in [6, 6.07) is 15.4. The van der Waals surface area contributed by atoms with Gasteiger partial charge in [-0.3, -0.25) is 19.5 Å². The van der Waals surface area contributed by atoms with Crippen molar-refractivity contribution in [3.8, 4) is 11.5 Å². The van der Waals surface area contributed by atoms with E-state index >= 15 is 0 Å². The Balaban J connectivity index is 1.97. The van der Waals surface area contributed by atoms with Gasteiger partial charge in [-0.25, -0.2) is 0 Å². The number of aliphatic hydroxyl groups excluding tert-OH is 1. The Hall–Kier alpha value is -4.13. The zero-order valence-corrected chi connectivity index (χ0v) is 16.9. The molecule has 0 saturated carbocycles. The predicted octanol–water partition coefficient (Wildman–Crippen LogP) is 3.73. The standard InChI is InChI=1S/C24H20N2O5/c1-14-9-10-19(27)18(12-14)26-21(17-8-3-4-11-25-17)20(23(29)24(26)30)22(28)15-6-5-7-16(13-15)31-2/h3-13,21,27-28H,1-2H3/b22-20+. The number of benzene rings is 2. The highest BCUT2D eigenvalue weighted by Gasteiger charge is 2.48. The summed E-state index contributed by atoms with van der Waals surface area (Å²) >= 11 is 0. The number of carbonyl (C=O) groups excluding carboxylic acids is 2. The molecule has 1 fully saturated rings. The van der Waals surface area contributed by atoms with Gasteiger partial charge in [-0.1, -0.05) is 24.3 Å². The summed E-state index contributed by atoms with van der Waals surface area (Å²) in [4.78, 5) is 31.7. The number of ether oxygens (including phenoxy) is 1. The second-order valence-electron chi connectivity index (χ2n) is 7.15. The van der Waals surface area contributed by atoms with E-state index in [1.165, 1.54) is 24.3 Å². The van der Waals surface area contributed by atoms with Gasteiger partial charge in [0, 0.05) is 11.8 Å². The van der Waals surface area contributed by atoms with E-state index in [9.17, 15) is 19.8 Å². The van der Waals surface area contributed by atoms with Crippen LogP contribution in [0.2, 0.25) is 0 Å². The molecule has 7 nitrogen and oxygen atoms in total. The number of amides is 1. The average Bonchev–Trinajstić information content (AvgIpc) is 3.06. The van der Waals surface area contributed by atoms with Crippen LogP contribution in [0, 0.1) is 6.92 Å². The van der Waals surface area contributed by atoms with E-state index in [2.05, 4.69) is 4.98 Å². The predicted molar refractivity (Wildman–Crippen MR) is 115 cm³/mol. The van der Waals surface area contributed by atoms with Gasteiger partial charge in [-0.2, -0.15) is 0 Å². The fourth-order valence-electron chi connectivity index (χ4n) is 3.65. The summed E-state index contributed by atoms with van der Waals surface area (Å²) in [5.41, 5.74) is 1.56. The van der Waals surface area contributed by atoms with E-state index in [0.29, 0.717) is 17.0 Å². The van der Waals surface area contributed by atoms with Crippen LogP contribution in [-0.2, 0) is 9.59 Å². The molecule has 1 saturated heterocycles. The zero-order valence-electron chi connectivity index (χ0n) is 16.9. The summed E-state index contributed by atoms with van der Waals surface area (Å²) in [5.74, 6) is -1.74. The van der Waals surface area contributed by atoms with Crippen molar-refractivity contribution in [1.29, 1.82) is 0 Å². The molecule has 1 unspecified atom stereocenters. The second-order valence-corrected chi connectivity index (χ2v) is 7.15. The molecule has 0 spiro atoms. The number of rotatable bonds is 4. The molecule has 7 heteroatoms. The number of hydrogen-bond acceptors (Lipinski definition) is 6. The number of phenols is 1. The number of hydrogen-bond donors (Lipinski definition) is 2. The van der Waals surface area contributed by atoms with E-state index in [4.69, 9.17) is 4.74 Å². The zero-order chi connectivity index (χ0) is 22.1. The number of pyridine rings is 1. The minimum absolute atomic E-state index is 0.113. The molecule has 1 aliphatic heterocycles. The average molecular weight is 416 g/mol. The summed E-state index contributed by atoms with van der Waals surface area (Å²) in [5, 5.41) is 21.5. The van der Waals surface area contributed by atoms with Crippen LogP contribution in [0.3, 0.4) is 0 Å². The number of aromatic nitrogens is 1. The molecule has 156 valence electrons. The molecular formula is C24H20N2O5. The molecule has 4 rings (SSSR count). The molecule has 1 aliphatic rings. The SMILES string of the molecule is COc1cccc(/C(O)=C2\C(=O)C(=O)N(c3cc(C)ccc3O)C2c2ccccn2)c1. The lowest BCUT2D eigenvalue weighted by Gasteiger charge is -2.25. The van der Waals surface area contributed by atoms with Gasteiger partial charge in [0.1, 0.15) is 23.3 Å². The number of carbonyl (C=O) groups is 2. The first-order chi connectivity index (χ1) is 14.9. The Kier molecular flexibility index (Phi) is 5.17. The van der Waals surface area contributed by atoms with Crippen LogP contribution in [0.4, 0.5) is 5.69 Å².